The molecule has 0 saturated heterocycles. The SMILES string of the molecule is CC/C=C\C/C=C\C/C=C\C/C=C\C/C=C\C/C=C\C/C=C\CCCCCCCCCCCC(=O)OCC(COC(=O)CCCCCCCCCCC)OC(=O)CC/C=C\C/C=C\C/C=C\C/C=C\C/C=C\C/C=C\CC. The first-order valence-corrected chi connectivity index (χ1v) is 31.0. The zero-order valence-corrected chi connectivity index (χ0v) is 49.4. The van der Waals surface area contributed by atoms with Crippen molar-refractivity contribution in [2.45, 2.75) is 258 Å². The van der Waals surface area contributed by atoms with Gasteiger partial charge in [-0.15, -0.1) is 0 Å². The van der Waals surface area contributed by atoms with Crippen LogP contribution in [0, 0.1) is 0 Å². The molecule has 0 aliphatic rings. The van der Waals surface area contributed by atoms with Gasteiger partial charge in [-0.1, -0.05) is 275 Å². The highest BCUT2D eigenvalue weighted by Crippen LogP contribution is 2.14. The molecule has 0 aliphatic heterocycles. The molecule has 6 heteroatoms. The van der Waals surface area contributed by atoms with Gasteiger partial charge in [-0.3, -0.25) is 14.4 Å². The second kappa shape index (κ2) is 63.6. The normalized spacial score (nSPS) is 13.2. The fraction of sp³-hybridized carbons (Fsp3) is 0.592. The summed E-state index contributed by atoms with van der Waals surface area (Å²) in [7, 11) is 0. The Morgan fingerprint density at radius 3 is 0.844 bits per heavy atom. The summed E-state index contributed by atoms with van der Waals surface area (Å²) in [5.74, 6) is -1.01. The molecule has 0 bridgehead atoms. The van der Waals surface area contributed by atoms with E-state index < -0.39 is 12.1 Å². The molecule has 0 heterocycles. The summed E-state index contributed by atoms with van der Waals surface area (Å²) in [5, 5.41) is 0. The van der Waals surface area contributed by atoms with Crippen molar-refractivity contribution in [3.8, 4) is 0 Å². The highest BCUT2D eigenvalue weighted by molar-refractivity contribution is 5.71. The predicted molar refractivity (Wildman–Crippen MR) is 334 cm³/mol. The van der Waals surface area contributed by atoms with Crippen molar-refractivity contribution in [3.05, 3.63) is 158 Å². The number of allylic oxidation sites excluding steroid dienone is 26. The third kappa shape index (κ3) is 61.8. The molecule has 0 rings (SSSR count). The van der Waals surface area contributed by atoms with Crippen LogP contribution in [0.15, 0.2) is 158 Å². The van der Waals surface area contributed by atoms with Crippen molar-refractivity contribution in [1.29, 1.82) is 0 Å². The van der Waals surface area contributed by atoms with Gasteiger partial charge in [0.15, 0.2) is 6.10 Å². The molecule has 77 heavy (non-hydrogen) atoms. The van der Waals surface area contributed by atoms with E-state index in [1.807, 2.05) is 12.2 Å². The Bertz CT molecular complexity index is 1740. The van der Waals surface area contributed by atoms with Crippen molar-refractivity contribution >= 4 is 17.9 Å². The van der Waals surface area contributed by atoms with Crippen LogP contribution in [0.3, 0.4) is 0 Å². The van der Waals surface area contributed by atoms with Crippen molar-refractivity contribution in [2.24, 2.45) is 0 Å². The summed E-state index contributed by atoms with van der Waals surface area (Å²) in [6, 6.07) is 0. The van der Waals surface area contributed by atoms with Crippen LogP contribution in [0.2, 0.25) is 0 Å². The van der Waals surface area contributed by atoms with Crippen LogP contribution >= 0.6 is 0 Å². The van der Waals surface area contributed by atoms with Gasteiger partial charge in [0, 0.05) is 19.3 Å². The molecule has 0 amide bonds. The lowest BCUT2D eigenvalue weighted by Crippen LogP contribution is -2.30. The first kappa shape index (κ1) is 72.0. The lowest BCUT2D eigenvalue weighted by molar-refractivity contribution is -0.166. The standard InChI is InChI=1S/C71H112O6/c1-4-7-10-13-16-19-21-23-25-27-29-30-31-32-33-34-35-36-37-38-39-40-42-43-45-47-49-52-55-58-61-64-70(73)76-67-68(66-75-69(72)63-60-57-54-51-18-15-12-9-6-3)77-71(74)65-62-59-56-53-50-48-46-44-41-28-26-24-22-20-17-14-11-8-5-2/h7-8,10-11,16-17,19-20,23-26,29-30,32-33,35-36,38-39,41,44,48,50,56,59,68H,4-6,9,12-15,18,21-22,27-28,31,34,37,40,42-43,45-47,49,51-55,57-58,60-67H2,1-3H3/b10-7-,11-8-,19-16-,20-17-,25-23-,26-24-,30-29-,33-32-,36-35-,39-38-,44-41-,50-48-,59-56-. The van der Waals surface area contributed by atoms with Crippen LogP contribution in [0.25, 0.3) is 0 Å². The van der Waals surface area contributed by atoms with Gasteiger partial charge in [0.1, 0.15) is 13.2 Å². The smallest absolute Gasteiger partial charge is 0.306 e. The van der Waals surface area contributed by atoms with Crippen LogP contribution in [-0.2, 0) is 28.6 Å². The van der Waals surface area contributed by atoms with Gasteiger partial charge in [-0.25, -0.2) is 0 Å². The van der Waals surface area contributed by atoms with Crippen LogP contribution in [0.1, 0.15) is 252 Å². The number of ether oxygens (including phenoxy) is 3. The maximum atomic E-state index is 12.8. The van der Waals surface area contributed by atoms with Gasteiger partial charge in [0.05, 0.1) is 0 Å². The minimum absolute atomic E-state index is 0.114. The molecule has 6 nitrogen and oxygen atoms in total. The van der Waals surface area contributed by atoms with E-state index in [-0.39, 0.29) is 31.6 Å². The van der Waals surface area contributed by atoms with Crippen LogP contribution < -0.4 is 0 Å². The Morgan fingerprint density at radius 1 is 0.273 bits per heavy atom. The van der Waals surface area contributed by atoms with E-state index in [1.165, 1.54) is 77.0 Å². The molecule has 0 spiro atoms. The largest absolute Gasteiger partial charge is 0.462 e. The van der Waals surface area contributed by atoms with Crippen molar-refractivity contribution in [2.75, 3.05) is 13.2 Å². The zero-order valence-electron chi connectivity index (χ0n) is 49.4. The van der Waals surface area contributed by atoms with E-state index in [2.05, 4.69) is 167 Å². The molecular weight excluding hydrogens is 949 g/mol. The fourth-order valence-electron chi connectivity index (χ4n) is 7.98. The third-order valence-electron chi connectivity index (χ3n) is 12.5. The summed E-state index contributed by atoms with van der Waals surface area (Å²) in [6.45, 7) is 6.31. The topological polar surface area (TPSA) is 78.9 Å². The lowest BCUT2D eigenvalue weighted by Gasteiger charge is -2.18. The van der Waals surface area contributed by atoms with Gasteiger partial charge in [0.25, 0.3) is 0 Å². The molecule has 432 valence electrons. The summed E-state index contributed by atoms with van der Waals surface area (Å²) in [6.07, 6.45) is 92.7. The number of hydrogen-bond acceptors (Lipinski definition) is 6. The second-order valence-corrected chi connectivity index (χ2v) is 19.9. The van der Waals surface area contributed by atoms with E-state index in [1.54, 1.807) is 0 Å². The first-order valence-electron chi connectivity index (χ1n) is 31.0. The molecule has 1 atom stereocenters. The summed E-state index contributed by atoms with van der Waals surface area (Å²) in [4.78, 5) is 38.1. The maximum absolute atomic E-state index is 12.8. The Labute approximate surface area is 473 Å². The Morgan fingerprint density at radius 2 is 0.532 bits per heavy atom. The van der Waals surface area contributed by atoms with Gasteiger partial charge in [-0.05, 0) is 116 Å². The molecular formula is C71H112O6. The molecule has 1 unspecified atom stereocenters. The number of hydrogen-bond donors (Lipinski definition) is 0. The number of carbonyl (C=O) groups is 3. The average Bonchev–Trinajstić information content (AvgIpc) is 3.43. The molecule has 0 aromatic carbocycles. The molecule has 0 saturated carbocycles. The van der Waals surface area contributed by atoms with Gasteiger partial charge in [0.2, 0.25) is 0 Å². The molecule has 0 radical (unpaired) electrons. The van der Waals surface area contributed by atoms with Crippen molar-refractivity contribution < 1.29 is 28.6 Å². The fourth-order valence-corrected chi connectivity index (χ4v) is 7.98. The van der Waals surface area contributed by atoms with Crippen molar-refractivity contribution in [3.63, 3.8) is 0 Å². The highest BCUT2D eigenvalue weighted by atomic mass is 16.6. The highest BCUT2D eigenvalue weighted by Gasteiger charge is 2.19. The number of unbranched alkanes of at least 4 members (excludes halogenated alkanes) is 17. The number of esters is 3. The Hall–Kier alpha value is -4.97. The molecule has 0 aromatic rings. The van der Waals surface area contributed by atoms with E-state index in [0.717, 1.165) is 128 Å². The summed E-state index contributed by atoms with van der Waals surface area (Å²) >= 11 is 0. The molecule has 0 aliphatic carbocycles. The lowest BCUT2D eigenvalue weighted by atomic mass is 10.1. The van der Waals surface area contributed by atoms with Gasteiger partial charge < -0.3 is 14.2 Å². The van der Waals surface area contributed by atoms with Gasteiger partial charge >= 0.3 is 17.9 Å². The second-order valence-electron chi connectivity index (χ2n) is 19.9. The Kier molecular flexibility index (Phi) is 59.5. The number of carbonyl (C=O) groups excluding carboxylic acids is 3. The number of rotatable bonds is 54. The molecule has 0 aromatic heterocycles. The van der Waals surface area contributed by atoms with E-state index in [4.69, 9.17) is 14.2 Å². The monoisotopic (exact) mass is 1060 g/mol. The Balaban J connectivity index is 4.32. The molecule has 0 fully saturated rings. The first-order chi connectivity index (χ1) is 38.0. The van der Waals surface area contributed by atoms with Crippen LogP contribution in [0.4, 0.5) is 0 Å². The quantitative estimate of drug-likeness (QED) is 0.0261. The summed E-state index contributed by atoms with van der Waals surface area (Å²) in [5.41, 5.74) is 0. The van der Waals surface area contributed by atoms with E-state index in [9.17, 15) is 14.4 Å². The summed E-state index contributed by atoms with van der Waals surface area (Å²) < 4.78 is 16.8. The van der Waals surface area contributed by atoms with E-state index >= 15 is 0 Å². The zero-order chi connectivity index (χ0) is 55.7. The van der Waals surface area contributed by atoms with E-state index in [0.29, 0.717) is 19.3 Å². The van der Waals surface area contributed by atoms with Crippen LogP contribution in [-0.4, -0.2) is 37.2 Å². The minimum atomic E-state index is -0.826. The van der Waals surface area contributed by atoms with Crippen LogP contribution in [0.5, 0.6) is 0 Å². The van der Waals surface area contributed by atoms with Gasteiger partial charge in [-0.2, -0.15) is 0 Å². The maximum Gasteiger partial charge on any atom is 0.306 e. The third-order valence-corrected chi connectivity index (χ3v) is 12.5. The minimum Gasteiger partial charge on any atom is -0.462 e. The molecule has 0 N–H and O–H groups in total. The average molecular weight is 1060 g/mol. The van der Waals surface area contributed by atoms with Crippen molar-refractivity contribution in [1.82, 2.24) is 0 Å². The predicted octanol–water partition coefficient (Wildman–Crippen LogP) is 21.3.